The van der Waals surface area contributed by atoms with Crippen molar-refractivity contribution in [2.24, 2.45) is 0 Å². The van der Waals surface area contributed by atoms with E-state index in [1.54, 1.807) is 29.2 Å². The molecule has 1 aromatic carbocycles. The smallest absolute Gasteiger partial charge is 0.337 e. The summed E-state index contributed by atoms with van der Waals surface area (Å²) in [6.07, 6.45) is 0. The first-order valence-electron chi connectivity index (χ1n) is 5.91. The van der Waals surface area contributed by atoms with E-state index in [1.165, 1.54) is 7.11 Å². The van der Waals surface area contributed by atoms with Crippen LogP contribution < -0.4 is 5.32 Å². The highest BCUT2D eigenvalue weighted by atomic mass is 16.5. The molecule has 0 aliphatic carbocycles. The molecule has 0 spiro atoms. The van der Waals surface area contributed by atoms with Gasteiger partial charge in [-0.3, -0.25) is 4.79 Å². The van der Waals surface area contributed by atoms with E-state index in [0.29, 0.717) is 24.2 Å². The first kappa shape index (κ1) is 12.6. The second kappa shape index (κ2) is 5.64. The van der Waals surface area contributed by atoms with Crippen LogP contribution in [0.5, 0.6) is 0 Å². The van der Waals surface area contributed by atoms with Crippen LogP contribution in [0.15, 0.2) is 24.3 Å². The number of nitrogens with zero attached hydrogens (tertiary/aromatic N) is 1. The van der Waals surface area contributed by atoms with Crippen LogP contribution in [0.3, 0.4) is 0 Å². The van der Waals surface area contributed by atoms with E-state index in [2.05, 4.69) is 10.1 Å². The average molecular weight is 248 g/mol. The van der Waals surface area contributed by atoms with Gasteiger partial charge in [0.1, 0.15) is 0 Å². The fourth-order valence-electron chi connectivity index (χ4n) is 1.95. The van der Waals surface area contributed by atoms with Gasteiger partial charge in [-0.15, -0.1) is 0 Å². The first-order chi connectivity index (χ1) is 8.72. The van der Waals surface area contributed by atoms with Gasteiger partial charge in [0.05, 0.1) is 12.7 Å². The third-order valence-electron chi connectivity index (χ3n) is 2.93. The molecule has 96 valence electrons. The minimum absolute atomic E-state index is 0.0396. The minimum atomic E-state index is -0.426. The third-order valence-corrected chi connectivity index (χ3v) is 2.93. The Morgan fingerprint density at radius 1 is 1.22 bits per heavy atom. The predicted molar refractivity (Wildman–Crippen MR) is 66.6 cm³/mol. The maximum atomic E-state index is 12.2. The minimum Gasteiger partial charge on any atom is -0.465 e. The lowest BCUT2D eigenvalue weighted by Gasteiger charge is -2.27. The molecular formula is C13H16N2O3. The average Bonchev–Trinajstić information content (AvgIpc) is 2.46. The zero-order valence-electron chi connectivity index (χ0n) is 10.3. The fourth-order valence-corrected chi connectivity index (χ4v) is 1.95. The summed E-state index contributed by atoms with van der Waals surface area (Å²) in [5.41, 5.74) is 0.929. The number of rotatable bonds is 2. The lowest BCUT2D eigenvalue weighted by molar-refractivity contribution is 0.0600. The molecule has 1 amide bonds. The summed E-state index contributed by atoms with van der Waals surface area (Å²) in [6, 6.07) is 6.63. The van der Waals surface area contributed by atoms with Crippen LogP contribution >= 0.6 is 0 Å². The van der Waals surface area contributed by atoms with Crippen molar-refractivity contribution in [1.82, 2.24) is 10.2 Å². The number of methoxy groups -OCH3 is 1. The van der Waals surface area contributed by atoms with Crippen molar-refractivity contribution < 1.29 is 14.3 Å². The second-order valence-electron chi connectivity index (χ2n) is 4.11. The molecule has 18 heavy (non-hydrogen) atoms. The number of carbonyl (C=O) groups is 2. The molecule has 5 heteroatoms. The number of carbonyl (C=O) groups excluding carboxylic acids is 2. The topological polar surface area (TPSA) is 58.6 Å². The van der Waals surface area contributed by atoms with Crippen LogP contribution in [-0.2, 0) is 4.74 Å². The summed E-state index contributed by atoms with van der Waals surface area (Å²) in [7, 11) is 1.33. The maximum Gasteiger partial charge on any atom is 0.337 e. The number of amides is 1. The number of nitrogens with one attached hydrogen (secondary N) is 1. The monoisotopic (exact) mass is 248 g/mol. The van der Waals surface area contributed by atoms with Crippen molar-refractivity contribution in [1.29, 1.82) is 0 Å². The Balaban J connectivity index is 2.17. The van der Waals surface area contributed by atoms with Gasteiger partial charge in [0.2, 0.25) is 0 Å². The number of hydrogen-bond donors (Lipinski definition) is 1. The van der Waals surface area contributed by atoms with Crippen LogP contribution in [0, 0.1) is 0 Å². The lowest BCUT2D eigenvalue weighted by atomic mass is 10.1. The Morgan fingerprint density at radius 2 is 1.89 bits per heavy atom. The normalized spacial score (nSPS) is 15.3. The van der Waals surface area contributed by atoms with E-state index < -0.39 is 5.97 Å². The number of hydrogen-bond acceptors (Lipinski definition) is 4. The third kappa shape index (κ3) is 2.68. The second-order valence-corrected chi connectivity index (χ2v) is 4.11. The van der Waals surface area contributed by atoms with Gasteiger partial charge < -0.3 is 15.0 Å². The Labute approximate surface area is 106 Å². The number of esters is 1. The highest BCUT2D eigenvalue weighted by Crippen LogP contribution is 2.10. The van der Waals surface area contributed by atoms with Crippen molar-refractivity contribution in [3.8, 4) is 0 Å². The van der Waals surface area contributed by atoms with Crippen molar-refractivity contribution in [3.63, 3.8) is 0 Å². The standard InChI is InChI=1S/C13H16N2O3/c1-18-13(17)11-4-2-3-10(9-11)12(16)15-7-5-14-6-8-15/h2-4,9,14H,5-8H2,1H3. The van der Waals surface area contributed by atoms with Crippen molar-refractivity contribution in [2.75, 3.05) is 33.3 Å². The van der Waals surface area contributed by atoms with Crippen molar-refractivity contribution in [2.45, 2.75) is 0 Å². The van der Waals surface area contributed by atoms with E-state index in [4.69, 9.17) is 0 Å². The molecule has 1 saturated heterocycles. The molecule has 2 rings (SSSR count). The molecule has 0 atom stereocenters. The molecule has 1 fully saturated rings. The Kier molecular flexibility index (Phi) is 3.94. The number of benzene rings is 1. The lowest BCUT2D eigenvalue weighted by Crippen LogP contribution is -2.46. The van der Waals surface area contributed by atoms with Gasteiger partial charge >= 0.3 is 5.97 Å². The maximum absolute atomic E-state index is 12.2. The number of piperazine rings is 1. The highest BCUT2D eigenvalue weighted by Gasteiger charge is 2.18. The van der Waals surface area contributed by atoms with Crippen LogP contribution in [0.2, 0.25) is 0 Å². The Bertz CT molecular complexity index is 453. The summed E-state index contributed by atoms with van der Waals surface area (Å²) in [5.74, 6) is -0.466. The molecule has 0 saturated carbocycles. The van der Waals surface area contributed by atoms with Gasteiger partial charge in [0.25, 0.3) is 5.91 Å². The first-order valence-corrected chi connectivity index (χ1v) is 5.91. The molecule has 0 unspecified atom stereocenters. The van der Waals surface area contributed by atoms with E-state index in [9.17, 15) is 9.59 Å². The molecule has 0 bridgehead atoms. The van der Waals surface area contributed by atoms with Crippen LogP contribution in [0.4, 0.5) is 0 Å². The van der Waals surface area contributed by atoms with Crippen LogP contribution in [0.1, 0.15) is 20.7 Å². The van der Waals surface area contributed by atoms with Gasteiger partial charge in [0.15, 0.2) is 0 Å². The van der Waals surface area contributed by atoms with Crippen LogP contribution in [-0.4, -0.2) is 50.1 Å². The van der Waals surface area contributed by atoms with Crippen molar-refractivity contribution >= 4 is 11.9 Å². The molecule has 5 nitrogen and oxygen atoms in total. The van der Waals surface area contributed by atoms with E-state index in [0.717, 1.165) is 13.1 Å². The zero-order valence-corrected chi connectivity index (χ0v) is 10.3. The van der Waals surface area contributed by atoms with E-state index in [-0.39, 0.29) is 5.91 Å². The Hall–Kier alpha value is -1.88. The zero-order chi connectivity index (χ0) is 13.0. The Morgan fingerprint density at radius 3 is 2.56 bits per heavy atom. The van der Waals surface area contributed by atoms with Crippen molar-refractivity contribution in [3.05, 3.63) is 35.4 Å². The molecule has 1 N–H and O–H groups in total. The predicted octanol–water partition coefficient (Wildman–Crippen LogP) is 0.519. The van der Waals surface area contributed by atoms with E-state index in [1.807, 2.05) is 0 Å². The highest BCUT2D eigenvalue weighted by molar-refractivity contribution is 5.97. The van der Waals surface area contributed by atoms with Gasteiger partial charge in [-0.25, -0.2) is 4.79 Å². The molecule has 1 heterocycles. The summed E-state index contributed by atoms with van der Waals surface area (Å²) in [5, 5.41) is 3.19. The molecule has 1 aromatic rings. The summed E-state index contributed by atoms with van der Waals surface area (Å²) in [6.45, 7) is 3.01. The molecule has 1 aliphatic rings. The van der Waals surface area contributed by atoms with E-state index >= 15 is 0 Å². The molecule has 1 aliphatic heterocycles. The number of ether oxygens (including phenoxy) is 1. The molecular weight excluding hydrogens is 232 g/mol. The SMILES string of the molecule is COC(=O)c1cccc(C(=O)N2CCNCC2)c1. The fraction of sp³-hybridized carbons (Fsp3) is 0.385. The largest absolute Gasteiger partial charge is 0.465 e. The summed E-state index contributed by atoms with van der Waals surface area (Å²) in [4.78, 5) is 25.4. The van der Waals surface area contributed by atoms with Gasteiger partial charge in [-0.05, 0) is 18.2 Å². The molecule has 0 radical (unpaired) electrons. The summed E-state index contributed by atoms with van der Waals surface area (Å²) >= 11 is 0. The van der Waals surface area contributed by atoms with Gasteiger partial charge in [-0.1, -0.05) is 6.07 Å². The van der Waals surface area contributed by atoms with Gasteiger partial charge in [0, 0.05) is 31.7 Å². The molecule has 0 aromatic heterocycles. The summed E-state index contributed by atoms with van der Waals surface area (Å²) < 4.78 is 4.64. The van der Waals surface area contributed by atoms with Crippen LogP contribution in [0.25, 0.3) is 0 Å². The van der Waals surface area contributed by atoms with Gasteiger partial charge in [-0.2, -0.15) is 0 Å². The quantitative estimate of drug-likeness (QED) is 0.775.